The number of hydrogen-bond acceptors (Lipinski definition) is 4. The van der Waals surface area contributed by atoms with Crippen molar-refractivity contribution in [3.63, 3.8) is 0 Å². The highest BCUT2D eigenvalue weighted by Gasteiger charge is 2.10. The van der Waals surface area contributed by atoms with Crippen LogP contribution in [0.3, 0.4) is 0 Å². The van der Waals surface area contributed by atoms with Gasteiger partial charge in [0.15, 0.2) is 5.82 Å². The van der Waals surface area contributed by atoms with Crippen LogP contribution in [-0.2, 0) is 0 Å². The summed E-state index contributed by atoms with van der Waals surface area (Å²) < 4.78 is 0. The molecule has 0 spiro atoms. The second kappa shape index (κ2) is 5.31. The summed E-state index contributed by atoms with van der Waals surface area (Å²) in [6, 6.07) is 8.64. The highest BCUT2D eigenvalue weighted by Crippen LogP contribution is 2.23. The van der Waals surface area contributed by atoms with Crippen LogP contribution in [0.2, 0.25) is 0 Å². The Labute approximate surface area is 108 Å². The summed E-state index contributed by atoms with van der Waals surface area (Å²) in [5, 5.41) is 14.1. The molecule has 0 saturated heterocycles. The maximum Gasteiger partial charge on any atom is 0.156 e. The molecule has 2 unspecified atom stereocenters. The molecule has 2 rings (SSSR count). The summed E-state index contributed by atoms with van der Waals surface area (Å²) in [7, 11) is 0. The van der Waals surface area contributed by atoms with E-state index in [1.807, 2.05) is 26.0 Å². The molecule has 0 aliphatic rings. The van der Waals surface area contributed by atoms with Gasteiger partial charge in [-0.15, -0.1) is 5.10 Å². The Morgan fingerprint density at radius 3 is 2.50 bits per heavy atom. The molecule has 1 aromatic heterocycles. The minimum absolute atomic E-state index is 0.178. The average molecular weight is 244 g/mol. The molecular formula is C14H20N4. The van der Waals surface area contributed by atoms with Crippen molar-refractivity contribution in [3.8, 4) is 0 Å². The van der Waals surface area contributed by atoms with E-state index in [4.69, 9.17) is 5.73 Å². The van der Waals surface area contributed by atoms with Gasteiger partial charge in [0.2, 0.25) is 0 Å². The Hall–Kier alpha value is -1.68. The number of nitrogens with two attached hydrogens (primary N) is 1. The Morgan fingerprint density at radius 1 is 1.17 bits per heavy atom. The normalized spacial score (nSPS) is 14.4. The van der Waals surface area contributed by atoms with Gasteiger partial charge < -0.3 is 11.1 Å². The van der Waals surface area contributed by atoms with Gasteiger partial charge in [0.1, 0.15) is 0 Å². The lowest BCUT2D eigenvalue weighted by Gasteiger charge is -2.17. The number of hydrogen-bond donors (Lipinski definition) is 2. The molecule has 0 aliphatic carbocycles. The van der Waals surface area contributed by atoms with Crippen molar-refractivity contribution in [1.29, 1.82) is 0 Å². The molecule has 0 radical (unpaired) electrons. The van der Waals surface area contributed by atoms with Gasteiger partial charge in [0, 0.05) is 22.9 Å². The molecule has 1 heterocycles. The third-order valence-electron chi connectivity index (χ3n) is 2.98. The fourth-order valence-electron chi connectivity index (χ4n) is 2.19. The van der Waals surface area contributed by atoms with Crippen LogP contribution in [-0.4, -0.2) is 22.3 Å². The Bertz CT molecular complexity index is 536. The van der Waals surface area contributed by atoms with Gasteiger partial charge >= 0.3 is 0 Å². The number of benzene rings is 1. The number of fused-ring (bicyclic) bond motifs is 1. The highest BCUT2D eigenvalue weighted by atomic mass is 15.2. The topological polar surface area (TPSA) is 63.8 Å². The van der Waals surface area contributed by atoms with Crippen molar-refractivity contribution in [2.75, 3.05) is 5.32 Å². The Balaban J connectivity index is 2.31. The zero-order valence-corrected chi connectivity index (χ0v) is 11.1. The van der Waals surface area contributed by atoms with Crippen LogP contribution in [0.1, 0.15) is 26.0 Å². The zero-order chi connectivity index (χ0) is 13.1. The van der Waals surface area contributed by atoms with Crippen LogP contribution >= 0.6 is 0 Å². The van der Waals surface area contributed by atoms with Crippen molar-refractivity contribution in [2.24, 2.45) is 5.73 Å². The average Bonchev–Trinajstić information content (AvgIpc) is 2.32. The first-order valence-electron chi connectivity index (χ1n) is 6.32. The SMILES string of the molecule is Cc1nnc(NC(C)CC(C)N)c2ccccc12. The Kier molecular flexibility index (Phi) is 3.77. The molecule has 2 atom stereocenters. The van der Waals surface area contributed by atoms with Gasteiger partial charge in [0.05, 0.1) is 5.69 Å². The lowest BCUT2D eigenvalue weighted by atomic mass is 10.1. The van der Waals surface area contributed by atoms with Crippen LogP contribution in [0.5, 0.6) is 0 Å². The monoisotopic (exact) mass is 244 g/mol. The van der Waals surface area contributed by atoms with E-state index in [-0.39, 0.29) is 12.1 Å². The van der Waals surface area contributed by atoms with Gasteiger partial charge in [-0.3, -0.25) is 0 Å². The van der Waals surface area contributed by atoms with E-state index in [0.29, 0.717) is 0 Å². The van der Waals surface area contributed by atoms with Gasteiger partial charge in [-0.25, -0.2) is 0 Å². The number of aryl methyl sites for hydroxylation is 1. The molecule has 2 aromatic rings. The van der Waals surface area contributed by atoms with Crippen molar-refractivity contribution >= 4 is 16.6 Å². The number of nitrogens with one attached hydrogen (secondary N) is 1. The lowest BCUT2D eigenvalue weighted by Crippen LogP contribution is -2.26. The first kappa shape index (κ1) is 12.8. The van der Waals surface area contributed by atoms with Crippen LogP contribution in [0.25, 0.3) is 10.8 Å². The zero-order valence-electron chi connectivity index (χ0n) is 11.1. The lowest BCUT2D eigenvalue weighted by molar-refractivity contribution is 0.603. The fraction of sp³-hybridized carbons (Fsp3) is 0.429. The van der Waals surface area contributed by atoms with E-state index in [2.05, 4.69) is 34.6 Å². The molecule has 3 N–H and O–H groups in total. The van der Waals surface area contributed by atoms with Crippen LogP contribution in [0, 0.1) is 6.92 Å². The second-order valence-corrected chi connectivity index (χ2v) is 4.94. The summed E-state index contributed by atoms with van der Waals surface area (Å²) in [5.74, 6) is 0.837. The molecule has 18 heavy (non-hydrogen) atoms. The predicted octanol–water partition coefficient (Wildman–Crippen LogP) is 2.48. The quantitative estimate of drug-likeness (QED) is 0.867. The molecule has 0 aliphatic heterocycles. The Morgan fingerprint density at radius 2 is 1.83 bits per heavy atom. The van der Waals surface area contributed by atoms with E-state index >= 15 is 0 Å². The van der Waals surface area contributed by atoms with E-state index in [1.54, 1.807) is 0 Å². The minimum Gasteiger partial charge on any atom is -0.366 e. The first-order valence-corrected chi connectivity index (χ1v) is 6.32. The van der Waals surface area contributed by atoms with Gasteiger partial charge in [0.25, 0.3) is 0 Å². The smallest absolute Gasteiger partial charge is 0.156 e. The standard InChI is InChI=1S/C14H20N4/c1-9(15)8-10(2)16-14-13-7-5-4-6-12(13)11(3)17-18-14/h4-7,9-10H,8,15H2,1-3H3,(H,16,18). The van der Waals surface area contributed by atoms with Gasteiger partial charge in [-0.2, -0.15) is 5.10 Å². The second-order valence-electron chi connectivity index (χ2n) is 4.94. The number of aromatic nitrogens is 2. The van der Waals surface area contributed by atoms with Gasteiger partial charge in [-0.05, 0) is 27.2 Å². The summed E-state index contributed by atoms with van der Waals surface area (Å²) >= 11 is 0. The molecular weight excluding hydrogens is 224 g/mol. The summed E-state index contributed by atoms with van der Waals surface area (Å²) in [6.07, 6.45) is 0.907. The summed E-state index contributed by atoms with van der Waals surface area (Å²) in [5.41, 5.74) is 6.76. The predicted molar refractivity (Wildman–Crippen MR) is 75.6 cm³/mol. The minimum atomic E-state index is 0.178. The van der Waals surface area contributed by atoms with Crippen LogP contribution in [0.4, 0.5) is 5.82 Å². The third-order valence-corrected chi connectivity index (χ3v) is 2.98. The van der Waals surface area contributed by atoms with E-state index in [1.165, 1.54) is 0 Å². The maximum atomic E-state index is 5.81. The fourth-order valence-corrected chi connectivity index (χ4v) is 2.19. The highest BCUT2D eigenvalue weighted by molar-refractivity contribution is 5.92. The largest absolute Gasteiger partial charge is 0.366 e. The molecule has 1 aromatic carbocycles. The van der Waals surface area contributed by atoms with E-state index in [9.17, 15) is 0 Å². The van der Waals surface area contributed by atoms with E-state index < -0.39 is 0 Å². The maximum absolute atomic E-state index is 5.81. The van der Waals surface area contributed by atoms with E-state index in [0.717, 1.165) is 28.7 Å². The van der Waals surface area contributed by atoms with Crippen molar-refractivity contribution in [1.82, 2.24) is 10.2 Å². The first-order chi connectivity index (χ1) is 8.58. The number of rotatable bonds is 4. The third kappa shape index (κ3) is 2.76. The van der Waals surface area contributed by atoms with Gasteiger partial charge in [-0.1, -0.05) is 24.3 Å². The van der Waals surface area contributed by atoms with Crippen molar-refractivity contribution < 1.29 is 0 Å². The molecule has 0 bridgehead atoms. The molecule has 0 saturated carbocycles. The number of anilines is 1. The molecule has 4 nitrogen and oxygen atoms in total. The molecule has 4 heteroatoms. The summed E-state index contributed by atoms with van der Waals surface area (Å²) in [4.78, 5) is 0. The number of nitrogens with zero attached hydrogens (tertiary/aromatic N) is 2. The molecule has 0 amide bonds. The molecule has 96 valence electrons. The van der Waals surface area contributed by atoms with Crippen LogP contribution in [0.15, 0.2) is 24.3 Å². The van der Waals surface area contributed by atoms with Crippen molar-refractivity contribution in [2.45, 2.75) is 39.3 Å². The molecule has 0 fully saturated rings. The summed E-state index contributed by atoms with van der Waals surface area (Å²) in [6.45, 7) is 6.10. The van der Waals surface area contributed by atoms with Crippen LogP contribution < -0.4 is 11.1 Å². The van der Waals surface area contributed by atoms with Crippen molar-refractivity contribution in [3.05, 3.63) is 30.0 Å².